The lowest BCUT2D eigenvalue weighted by Crippen LogP contribution is -2.28. The van der Waals surface area contributed by atoms with Crippen LogP contribution in [0.3, 0.4) is 0 Å². The van der Waals surface area contributed by atoms with E-state index in [1.165, 1.54) is 44.2 Å². The molecule has 0 saturated heterocycles. The van der Waals surface area contributed by atoms with E-state index in [1.54, 1.807) is 0 Å². The van der Waals surface area contributed by atoms with Gasteiger partial charge in [-0.25, -0.2) is 0 Å². The van der Waals surface area contributed by atoms with E-state index in [9.17, 15) is 0 Å². The van der Waals surface area contributed by atoms with Crippen LogP contribution in [0.15, 0.2) is 217 Å². The van der Waals surface area contributed by atoms with Crippen molar-refractivity contribution in [3.8, 4) is 22.3 Å². The Balaban J connectivity index is 1.06. The van der Waals surface area contributed by atoms with Crippen molar-refractivity contribution >= 4 is 49.8 Å². The highest BCUT2D eigenvalue weighted by atomic mass is 16.3. The monoisotopic (exact) mass is 701 g/mol. The van der Waals surface area contributed by atoms with Gasteiger partial charge in [0.2, 0.25) is 0 Å². The van der Waals surface area contributed by atoms with Crippen LogP contribution in [0.1, 0.15) is 22.3 Å². The van der Waals surface area contributed by atoms with Crippen molar-refractivity contribution < 1.29 is 4.42 Å². The highest BCUT2D eigenvalue weighted by Gasteiger charge is 2.45. The highest BCUT2D eigenvalue weighted by molar-refractivity contribution is 6.06. The van der Waals surface area contributed by atoms with Crippen molar-refractivity contribution in [2.45, 2.75) is 5.41 Å². The van der Waals surface area contributed by atoms with Gasteiger partial charge in [0.05, 0.1) is 11.1 Å². The molecule has 2 heteroatoms. The average Bonchev–Trinajstić information content (AvgIpc) is 3.78. The molecule has 11 rings (SSSR count). The second-order valence-electron chi connectivity index (χ2n) is 14.4. The molecule has 1 heterocycles. The third-order valence-electron chi connectivity index (χ3n) is 11.6. The topological polar surface area (TPSA) is 16.4 Å². The second kappa shape index (κ2) is 12.5. The molecule has 0 aliphatic heterocycles. The normalized spacial score (nSPS) is 12.9. The lowest BCUT2D eigenvalue weighted by Gasteiger charge is -2.34. The first-order valence-electron chi connectivity index (χ1n) is 18.9. The van der Waals surface area contributed by atoms with Gasteiger partial charge < -0.3 is 9.32 Å². The molecule has 55 heavy (non-hydrogen) atoms. The van der Waals surface area contributed by atoms with E-state index < -0.39 is 5.41 Å². The minimum absolute atomic E-state index is 0.444. The molecule has 9 aromatic carbocycles. The lowest BCUT2D eigenvalue weighted by atomic mass is 9.68. The molecule has 0 saturated carbocycles. The zero-order valence-electron chi connectivity index (χ0n) is 30.1. The molecule has 2 nitrogen and oxygen atoms in total. The van der Waals surface area contributed by atoms with E-state index in [-0.39, 0.29) is 0 Å². The Morgan fingerprint density at radius 3 is 1.65 bits per heavy atom. The molecule has 1 aliphatic carbocycles. The summed E-state index contributed by atoms with van der Waals surface area (Å²) in [5, 5.41) is 4.69. The highest BCUT2D eigenvalue weighted by Crippen LogP contribution is 2.56. The summed E-state index contributed by atoms with van der Waals surface area (Å²) in [7, 11) is 0. The minimum Gasteiger partial charge on any atom is -0.456 e. The molecular weight excluding hydrogens is 667 g/mol. The first-order valence-corrected chi connectivity index (χ1v) is 18.9. The molecule has 0 fully saturated rings. The fraction of sp³-hybridized carbons (Fsp3) is 0.0189. The number of fused-ring (bicyclic) bond motifs is 7. The number of rotatable bonds is 6. The molecule has 0 radical (unpaired) electrons. The van der Waals surface area contributed by atoms with Crippen LogP contribution in [0.5, 0.6) is 0 Å². The quantitative estimate of drug-likeness (QED) is 0.172. The molecule has 1 aromatic heterocycles. The lowest BCUT2D eigenvalue weighted by molar-refractivity contribution is 0.669. The maximum Gasteiger partial charge on any atom is 0.135 e. The Labute approximate surface area is 320 Å². The first-order chi connectivity index (χ1) is 27.3. The Morgan fingerprint density at radius 1 is 0.364 bits per heavy atom. The maximum atomic E-state index is 6.13. The maximum absolute atomic E-state index is 6.13. The zero-order chi connectivity index (χ0) is 36.3. The van der Waals surface area contributed by atoms with Crippen LogP contribution in [-0.4, -0.2) is 0 Å². The summed E-state index contributed by atoms with van der Waals surface area (Å²) in [4.78, 5) is 2.40. The van der Waals surface area contributed by atoms with Crippen molar-refractivity contribution in [2.24, 2.45) is 0 Å². The number of furan rings is 1. The molecule has 258 valence electrons. The zero-order valence-corrected chi connectivity index (χ0v) is 30.1. The van der Waals surface area contributed by atoms with Gasteiger partial charge in [0.25, 0.3) is 0 Å². The van der Waals surface area contributed by atoms with Gasteiger partial charge in [-0.15, -0.1) is 0 Å². The fourth-order valence-electron chi connectivity index (χ4n) is 9.11. The molecular formula is C53H35NO. The fourth-order valence-corrected chi connectivity index (χ4v) is 9.11. The van der Waals surface area contributed by atoms with Crippen molar-refractivity contribution in [1.29, 1.82) is 0 Å². The number of nitrogens with zero attached hydrogens (tertiary/aromatic N) is 1. The smallest absolute Gasteiger partial charge is 0.135 e. The molecule has 0 N–H and O–H groups in total. The third kappa shape index (κ3) is 4.82. The van der Waals surface area contributed by atoms with Crippen LogP contribution < -0.4 is 4.90 Å². The second-order valence-corrected chi connectivity index (χ2v) is 14.4. The number of anilines is 3. The Morgan fingerprint density at radius 2 is 0.909 bits per heavy atom. The third-order valence-corrected chi connectivity index (χ3v) is 11.6. The van der Waals surface area contributed by atoms with Gasteiger partial charge in [-0.05, 0) is 98.4 Å². The van der Waals surface area contributed by atoms with E-state index >= 15 is 0 Å². The van der Waals surface area contributed by atoms with Crippen LogP contribution in [0, 0.1) is 0 Å². The number of para-hydroxylation sites is 1. The van der Waals surface area contributed by atoms with E-state index in [1.807, 2.05) is 12.1 Å². The SMILES string of the molecule is c1ccc(C2(c3ccc(N(c4ccc(-c5ccc6oc7ccccc7c6c5)cc4)c4cccc5ccccc45)cc3)c3ccccc3-c3ccccc32)cc1. The number of hydrogen-bond donors (Lipinski definition) is 0. The molecule has 0 bridgehead atoms. The predicted octanol–water partition coefficient (Wildman–Crippen LogP) is 14.2. The van der Waals surface area contributed by atoms with Gasteiger partial charge in [0, 0.05) is 27.5 Å². The summed E-state index contributed by atoms with van der Waals surface area (Å²) < 4.78 is 6.13. The van der Waals surface area contributed by atoms with Crippen LogP contribution in [0.2, 0.25) is 0 Å². The summed E-state index contributed by atoms with van der Waals surface area (Å²) in [5.74, 6) is 0. The number of hydrogen-bond acceptors (Lipinski definition) is 2. The summed E-state index contributed by atoms with van der Waals surface area (Å²) in [6, 6.07) is 77.1. The van der Waals surface area contributed by atoms with E-state index in [4.69, 9.17) is 4.42 Å². The molecule has 10 aromatic rings. The van der Waals surface area contributed by atoms with Gasteiger partial charge in [0.15, 0.2) is 0 Å². The molecule has 1 aliphatic rings. The van der Waals surface area contributed by atoms with Gasteiger partial charge in [-0.1, -0.05) is 164 Å². The standard InChI is InChI=1S/C53H35NO/c1-2-15-39(16-3-1)53(48-21-9-6-18-44(48)45-19-7-10-22-49(45)53)40-28-32-42(33-29-40)54(50-23-12-14-37-13-4-5-17-43(37)50)41-30-25-36(26-31-41)38-27-34-52-47(35-38)46-20-8-11-24-51(46)55-52/h1-35H. The largest absolute Gasteiger partial charge is 0.456 e. The molecule has 0 atom stereocenters. The van der Waals surface area contributed by atoms with Crippen molar-refractivity contribution in [3.63, 3.8) is 0 Å². The van der Waals surface area contributed by atoms with Gasteiger partial charge in [-0.3, -0.25) is 0 Å². The molecule has 0 spiro atoms. The molecule has 0 amide bonds. The van der Waals surface area contributed by atoms with Crippen LogP contribution >= 0.6 is 0 Å². The van der Waals surface area contributed by atoms with Crippen LogP contribution in [0.4, 0.5) is 17.1 Å². The predicted molar refractivity (Wildman–Crippen MR) is 229 cm³/mol. The van der Waals surface area contributed by atoms with Gasteiger partial charge in [-0.2, -0.15) is 0 Å². The van der Waals surface area contributed by atoms with Gasteiger partial charge >= 0.3 is 0 Å². The summed E-state index contributed by atoms with van der Waals surface area (Å²) in [6.45, 7) is 0. The summed E-state index contributed by atoms with van der Waals surface area (Å²) >= 11 is 0. The number of benzene rings is 9. The van der Waals surface area contributed by atoms with Crippen LogP contribution in [-0.2, 0) is 5.41 Å². The van der Waals surface area contributed by atoms with Crippen molar-refractivity contribution in [3.05, 3.63) is 235 Å². The Hall–Kier alpha value is -7.16. The van der Waals surface area contributed by atoms with Crippen LogP contribution in [0.25, 0.3) is 55.0 Å². The van der Waals surface area contributed by atoms with Crippen molar-refractivity contribution in [2.75, 3.05) is 4.90 Å². The minimum atomic E-state index is -0.444. The first kappa shape index (κ1) is 31.4. The van der Waals surface area contributed by atoms with Gasteiger partial charge in [0.1, 0.15) is 11.2 Å². The Bertz CT molecular complexity index is 2980. The van der Waals surface area contributed by atoms with E-state index in [0.717, 1.165) is 50.1 Å². The van der Waals surface area contributed by atoms with E-state index in [2.05, 4.69) is 205 Å². The summed E-state index contributed by atoms with van der Waals surface area (Å²) in [6.07, 6.45) is 0. The van der Waals surface area contributed by atoms with Crippen molar-refractivity contribution in [1.82, 2.24) is 0 Å². The molecule has 0 unspecified atom stereocenters. The Kier molecular flexibility index (Phi) is 7.11. The average molecular weight is 702 g/mol. The van der Waals surface area contributed by atoms with E-state index in [0.29, 0.717) is 0 Å². The summed E-state index contributed by atoms with van der Waals surface area (Å²) in [5.41, 5.74) is 14.8.